The number of nitro benzene ring substituents is 2. The first kappa shape index (κ1) is 32.7. The van der Waals surface area contributed by atoms with Crippen molar-refractivity contribution in [2.75, 3.05) is 13.2 Å². The van der Waals surface area contributed by atoms with E-state index in [-0.39, 0.29) is 23.9 Å². The van der Waals surface area contributed by atoms with Crippen LogP contribution in [-0.2, 0) is 6.61 Å². The molecule has 232 valence electrons. The lowest BCUT2D eigenvalue weighted by Gasteiger charge is -2.14. The van der Waals surface area contributed by atoms with Gasteiger partial charge in [0.25, 0.3) is 11.6 Å². The minimum Gasteiger partial charge on any atom is -0.490 e. The number of benzene rings is 4. The standard InChI is InChI=1S/C31H27IN4O9/c1-3-42-28-16-22(10-12-27(28)44-19-20-8-6-5-7-9-20)31(37)34-33-18-21-14-24(32)30(29(15-21)43-4-2)45-26-13-11-23(35(38)39)17-25(26)36(40)41/h5-18H,3-4,19H2,1-2H3,(H,34,37)/b33-18+. The predicted molar refractivity (Wildman–Crippen MR) is 174 cm³/mol. The average Bonchev–Trinajstić information content (AvgIpc) is 3.02. The maximum Gasteiger partial charge on any atom is 0.318 e. The van der Waals surface area contributed by atoms with Crippen LogP contribution in [0.4, 0.5) is 11.4 Å². The molecule has 4 aromatic carbocycles. The van der Waals surface area contributed by atoms with Crippen LogP contribution in [0.3, 0.4) is 0 Å². The number of carbonyl (C=O) groups is 1. The van der Waals surface area contributed by atoms with Gasteiger partial charge >= 0.3 is 5.69 Å². The van der Waals surface area contributed by atoms with Crippen LogP contribution in [0.1, 0.15) is 35.3 Å². The molecule has 45 heavy (non-hydrogen) atoms. The molecule has 0 aliphatic heterocycles. The number of nitro groups is 2. The van der Waals surface area contributed by atoms with E-state index in [2.05, 4.69) is 10.5 Å². The van der Waals surface area contributed by atoms with Gasteiger partial charge in [0.05, 0.1) is 38.9 Å². The monoisotopic (exact) mass is 726 g/mol. The smallest absolute Gasteiger partial charge is 0.318 e. The zero-order valence-corrected chi connectivity index (χ0v) is 26.3. The Morgan fingerprint density at radius 2 is 1.56 bits per heavy atom. The maximum absolute atomic E-state index is 12.9. The van der Waals surface area contributed by atoms with Gasteiger partial charge in [0.2, 0.25) is 5.75 Å². The minimum absolute atomic E-state index is 0.175. The zero-order valence-electron chi connectivity index (χ0n) is 24.1. The van der Waals surface area contributed by atoms with E-state index in [1.54, 1.807) is 37.3 Å². The van der Waals surface area contributed by atoms with Gasteiger partial charge in [0.15, 0.2) is 23.0 Å². The van der Waals surface area contributed by atoms with E-state index in [0.717, 1.165) is 23.8 Å². The first-order valence-electron chi connectivity index (χ1n) is 13.5. The normalized spacial score (nSPS) is 10.7. The van der Waals surface area contributed by atoms with E-state index in [9.17, 15) is 25.0 Å². The number of carbonyl (C=O) groups excluding carboxylic acids is 1. The van der Waals surface area contributed by atoms with Gasteiger partial charge in [-0.3, -0.25) is 25.0 Å². The Morgan fingerprint density at radius 3 is 2.24 bits per heavy atom. The average molecular weight is 726 g/mol. The molecule has 0 radical (unpaired) electrons. The van der Waals surface area contributed by atoms with Gasteiger partial charge in [-0.05, 0) is 84.0 Å². The largest absolute Gasteiger partial charge is 0.490 e. The molecular weight excluding hydrogens is 699 g/mol. The summed E-state index contributed by atoms with van der Waals surface area (Å²) in [7, 11) is 0. The van der Waals surface area contributed by atoms with Gasteiger partial charge in [-0.2, -0.15) is 5.10 Å². The Morgan fingerprint density at radius 1 is 0.844 bits per heavy atom. The Labute approximate surface area is 271 Å². The molecule has 1 amide bonds. The lowest BCUT2D eigenvalue weighted by Crippen LogP contribution is -2.17. The molecule has 0 aromatic heterocycles. The molecule has 0 heterocycles. The Balaban J connectivity index is 1.49. The van der Waals surface area contributed by atoms with Crippen molar-refractivity contribution < 1.29 is 33.6 Å². The molecule has 0 saturated heterocycles. The third kappa shape index (κ3) is 8.66. The Kier molecular flexibility index (Phi) is 11.2. The number of ether oxygens (including phenoxy) is 4. The second-order valence-electron chi connectivity index (χ2n) is 9.10. The first-order valence-corrected chi connectivity index (χ1v) is 14.6. The van der Waals surface area contributed by atoms with E-state index in [1.807, 2.05) is 59.8 Å². The number of nitrogens with zero attached hydrogens (tertiary/aromatic N) is 3. The summed E-state index contributed by atoms with van der Waals surface area (Å²) in [5.74, 6) is 0.670. The number of hydrogen-bond donors (Lipinski definition) is 1. The van der Waals surface area contributed by atoms with E-state index >= 15 is 0 Å². The molecule has 0 unspecified atom stereocenters. The number of hydrazone groups is 1. The third-order valence-corrected chi connectivity index (χ3v) is 6.82. The van der Waals surface area contributed by atoms with Crippen molar-refractivity contribution in [1.29, 1.82) is 0 Å². The quantitative estimate of drug-likeness (QED) is 0.0621. The second kappa shape index (κ2) is 15.5. The fourth-order valence-corrected chi connectivity index (χ4v) is 4.72. The van der Waals surface area contributed by atoms with E-state index in [4.69, 9.17) is 18.9 Å². The number of amides is 1. The highest BCUT2D eigenvalue weighted by atomic mass is 127. The van der Waals surface area contributed by atoms with Crippen LogP contribution >= 0.6 is 22.6 Å². The van der Waals surface area contributed by atoms with Crippen molar-refractivity contribution in [1.82, 2.24) is 5.43 Å². The van der Waals surface area contributed by atoms with Crippen molar-refractivity contribution in [3.05, 3.63) is 119 Å². The molecule has 0 fully saturated rings. The van der Waals surface area contributed by atoms with Gasteiger partial charge in [0, 0.05) is 11.6 Å². The van der Waals surface area contributed by atoms with E-state index in [1.165, 1.54) is 6.21 Å². The molecule has 0 bridgehead atoms. The number of non-ortho nitro benzene ring substituents is 1. The summed E-state index contributed by atoms with van der Waals surface area (Å²) >= 11 is 1.97. The maximum atomic E-state index is 12.9. The van der Waals surface area contributed by atoms with Crippen molar-refractivity contribution in [2.45, 2.75) is 20.5 Å². The van der Waals surface area contributed by atoms with Crippen LogP contribution < -0.4 is 24.4 Å². The summed E-state index contributed by atoms with van der Waals surface area (Å²) in [5.41, 5.74) is 3.31. The van der Waals surface area contributed by atoms with E-state index < -0.39 is 27.1 Å². The van der Waals surface area contributed by atoms with Gasteiger partial charge in [-0.1, -0.05) is 30.3 Å². The SMILES string of the molecule is CCOc1cc(C(=O)N/N=C/c2cc(I)c(Oc3ccc([N+](=O)[O-])cc3[N+](=O)[O-])c(OCC)c2)ccc1OCc1ccccc1. The third-order valence-electron chi connectivity index (χ3n) is 6.02. The highest BCUT2D eigenvalue weighted by molar-refractivity contribution is 14.1. The molecule has 0 spiro atoms. The highest BCUT2D eigenvalue weighted by Gasteiger charge is 2.23. The van der Waals surface area contributed by atoms with Crippen LogP contribution in [0, 0.1) is 23.8 Å². The molecule has 13 nitrogen and oxygen atoms in total. The summed E-state index contributed by atoms with van der Waals surface area (Å²) in [6.07, 6.45) is 1.40. The number of halogens is 1. The number of nitrogens with one attached hydrogen (secondary N) is 1. The Bertz CT molecular complexity index is 1730. The fourth-order valence-electron chi connectivity index (χ4n) is 3.98. The molecular formula is C31H27IN4O9. The molecule has 1 N–H and O–H groups in total. The van der Waals surface area contributed by atoms with Gasteiger partial charge in [-0.25, -0.2) is 5.43 Å². The van der Waals surface area contributed by atoms with Crippen LogP contribution in [0.15, 0.2) is 84.0 Å². The lowest BCUT2D eigenvalue weighted by molar-refractivity contribution is -0.394. The van der Waals surface area contributed by atoms with Gasteiger partial charge < -0.3 is 18.9 Å². The molecule has 4 rings (SSSR count). The summed E-state index contributed by atoms with van der Waals surface area (Å²) in [6.45, 7) is 4.55. The van der Waals surface area contributed by atoms with Crippen molar-refractivity contribution in [3.63, 3.8) is 0 Å². The Hall–Kier alpha value is -5.25. The predicted octanol–water partition coefficient (Wildman–Crippen LogP) is 7.04. The summed E-state index contributed by atoms with van der Waals surface area (Å²) in [4.78, 5) is 34.0. The molecule has 0 saturated carbocycles. The molecule has 14 heteroatoms. The molecule has 0 aliphatic rings. The summed E-state index contributed by atoms with van der Waals surface area (Å²) < 4.78 is 23.6. The van der Waals surface area contributed by atoms with Crippen molar-refractivity contribution in [2.24, 2.45) is 5.10 Å². The molecule has 4 aromatic rings. The van der Waals surface area contributed by atoms with Crippen LogP contribution in [0.2, 0.25) is 0 Å². The summed E-state index contributed by atoms with van der Waals surface area (Å²) in [5, 5.41) is 26.7. The first-order chi connectivity index (χ1) is 21.7. The molecule has 0 aliphatic carbocycles. The number of hydrogen-bond acceptors (Lipinski definition) is 10. The fraction of sp³-hybridized carbons (Fsp3) is 0.161. The highest BCUT2D eigenvalue weighted by Crippen LogP contribution is 2.41. The topological polar surface area (TPSA) is 165 Å². The van der Waals surface area contributed by atoms with Crippen LogP contribution in [0.5, 0.6) is 28.7 Å². The lowest BCUT2D eigenvalue weighted by atomic mass is 10.2. The zero-order chi connectivity index (χ0) is 32.3. The van der Waals surface area contributed by atoms with Gasteiger partial charge in [0.1, 0.15) is 6.61 Å². The van der Waals surface area contributed by atoms with Crippen LogP contribution in [0.25, 0.3) is 0 Å². The molecule has 0 atom stereocenters. The van der Waals surface area contributed by atoms with Crippen LogP contribution in [-0.4, -0.2) is 35.2 Å². The van der Waals surface area contributed by atoms with Crippen molar-refractivity contribution >= 4 is 46.1 Å². The van der Waals surface area contributed by atoms with Crippen molar-refractivity contribution in [3.8, 4) is 28.7 Å². The van der Waals surface area contributed by atoms with E-state index in [0.29, 0.717) is 39.4 Å². The minimum atomic E-state index is -0.762. The number of rotatable bonds is 14. The van der Waals surface area contributed by atoms with Gasteiger partial charge in [-0.15, -0.1) is 0 Å². The second-order valence-corrected chi connectivity index (χ2v) is 10.3. The summed E-state index contributed by atoms with van der Waals surface area (Å²) in [6, 6.07) is 20.9.